The third kappa shape index (κ3) is 2.82. The predicted molar refractivity (Wildman–Crippen MR) is 78.5 cm³/mol. The van der Waals surface area contributed by atoms with Crippen LogP contribution in [-0.2, 0) is 9.31 Å². The van der Waals surface area contributed by atoms with Crippen LogP contribution in [-0.4, -0.2) is 23.3 Å². The summed E-state index contributed by atoms with van der Waals surface area (Å²) in [6, 6.07) is 3.74. The molecule has 0 atom stereocenters. The van der Waals surface area contributed by atoms with E-state index in [-0.39, 0.29) is 18.3 Å². The van der Waals surface area contributed by atoms with Crippen LogP contribution in [0.25, 0.3) is 6.08 Å². The molecule has 19 heavy (non-hydrogen) atoms. The summed E-state index contributed by atoms with van der Waals surface area (Å²) in [6.07, 6.45) is 1.90. The van der Waals surface area contributed by atoms with Crippen molar-refractivity contribution in [1.82, 2.24) is 4.98 Å². The zero-order valence-corrected chi connectivity index (χ0v) is 12.2. The first kappa shape index (κ1) is 14.1. The van der Waals surface area contributed by atoms with Crippen molar-refractivity contribution in [2.45, 2.75) is 45.8 Å². The lowest BCUT2D eigenvalue weighted by Gasteiger charge is -2.32. The molecule has 4 nitrogen and oxygen atoms in total. The quantitative estimate of drug-likeness (QED) is 0.830. The number of rotatable bonds is 2. The molecule has 2 rings (SSSR count). The van der Waals surface area contributed by atoms with Crippen LogP contribution >= 0.6 is 0 Å². The molecule has 0 amide bonds. The minimum absolute atomic E-state index is 0.319. The number of aromatic nitrogens is 1. The second-order valence-electron chi connectivity index (χ2n) is 5.92. The number of aryl methyl sites for hydroxylation is 1. The summed E-state index contributed by atoms with van der Waals surface area (Å²) in [6.45, 7) is 10.1. The van der Waals surface area contributed by atoms with Gasteiger partial charge in [-0.2, -0.15) is 0 Å². The van der Waals surface area contributed by atoms with E-state index in [2.05, 4.69) is 4.98 Å². The molecule has 1 saturated heterocycles. The Labute approximate surface area is 115 Å². The van der Waals surface area contributed by atoms with E-state index in [4.69, 9.17) is 15.0 Å². The van der Waals surface area contributed by atoms with Gasteiger partial charge in [-0.15, -0.1) is 0 Å². The maximum absolute atomic E-state index is 5.89. The van der Waals surface area contributed by atoms with Gasteiger partial charge in [-0.1, -0.05) is 12.0 Å². The fourth-order valence-corrected chi connectivity index (χ4v) is 1.87. The first-order valence-corrected chi connectivity index (χ1v) is 6.48. The number of nitrogens with zero attached hydrogens (tertiary/aromatic N) is 1. The molecule has 5 heteroatoms. The highest BCUT2D eigenvalue weighted by atomic mass is 16.7. The summed E-state index contributed by atoms with van der Waals surface area (Å²) in [4.78, 5) is 4.29. The van der Waals surface area contributed by atoms with Crippen LogP contribution in [0, 0.1) is 6.92 Å². The van der Waals surface area contributed by atoms with Crippen LogP contribution in [0.1, 0.15) is 39.0 Å². The standard InChI is InChI=1S/C14H21BN2O2/c1-10-6-7-12(16)17-11(10)8-9-15-18-13(2,3)14(4,5)19-15/h6-9H,1-5H3,(H2,16,17)/b9-8+. The molecule has 102 valence electrons. The highest BCUT2D eigenvalue weighted by molar-refractivity contribution is 6.52. The molecule has 0 saturated carbocycles. The van der Waals surface area contributed by atoms with Gasteiger partial charge in [0.15, 0.2) is 0 Å². The van der Waals surface area contributed by atoms with Crippen molar-refractivity contribution in [2.75, 3.05) is 5.73 Å². The zero-order chi connectivity index (χ0) is 14.3. The third-order valence-corrected chi connectivity index (χ3v) is 3.84. The molecule has 0 radical (unpaired) electrons. The van der Waals surface area contributed by atoms with Gasteiger partial charge in [-0.25, -0.2) is 4.98 Å². The van der Waals surface area contributed by atoms with Gasteiger partial charge in [-0.05, 0) is 52.3 Å². The molecule has 0 spiro atoms. The minimum atomic E-state index is -0.354. The van der Waals surface area contributed by atoms with Crippen molar-refractivity contribution in [3.8, 4) is 0 Å². The highest BCUT2D eigenvalue weighted by Gasteiger charge is 2.49. The molecule has 2 N–H and O–H groups in total. The second-order valence-corrected chi connectivity index (χ2v) is 5.92. The van der Waals surface area contributed by atoms with Crippen LogP contribution in [0.2, 0.25) is 0 Å². The number of anilines is 1. The number of nitrogens with two attached hydrogens (primary N) is 1. The summed E-state index contributed by atoms with van der Waals surface area (Å²) < 4.78 is 11.8. The summed E-state index contributed by atoms with van der Waals surface area (Å²) in [7, 11) is -0.354. The molecule has 1 aromatic rings. The second kappa shape index (κ2) is 4.65. The van der Waals surface area contributed by atoms with Crippen molar-refractivity contribution in [1.29, 1.82) is 0 Å². The number of hydrogen-bond donors (Lipinski definition) is 1. The Balaban J connectivity index is 2.15. The van der Waals surface area contributed by atoms with E-state index < -0.39 is 0 Å². The van der Waals surface area contributed by atoms with E-state index in [0.29, 0.717) is 5.82 Å². The Hall–Kier alpha value is -1.33. The largest absolute Gasteiger partial charge is 0.487 e. The Kier molecular flexibility index (Phi) is 3.45. The van der Waals surface area contributed by atoms with E-state index >= 15 is 0 Å². The zero-order valence-electron chi connectivity index (χ0n) is 12.2. The van der Waals surface area contributed by atoms with Gasteiger partial charge < -0.3 is 15.0 Å². The minimum Gasteiger partial charge on any atom is -0.400 e. The van der Waals surface area contributed by atoms with Crippen molar-refractivity contribution in [2.24, 2.45) is 0 Å². The van der Waals surface area contributed by atoms with Gasteiger partial charge in [0.05, 0.1) is 16.9 Å². The third-order valence-electron chi connectivity index (χ3n) is 3.84. The lowest BCUT2D eigenvalue weighted by atomic mass is 9.89. The average molecular weight is 260 g/mol. The molecule has 0 bridgehead atoms. The first-order valence-electron chi connectivity index (χ1n) is 6.48. The summed E-state index contributed by atoms with van der Waals surface area (Å²) in [5.74, 6) is 2.39. The van der Waals surface area contributed by atoms with Gasteiger partial charge in [0.1, 0.15) is 5.82 Å². The summed E-state index contributed by atoms with van der Waals surface area (Å²) in [5, 5.41) is 0. The lowest BCUT2D eigenvalue weighted by molar-refractivity contribution is 0.00578. The molecule has 1 aromatic heterocycles. The van der Waals surface area contributed by atoms with Crippen molar-refractivity contribution in [3.05, 3.63) is 29.4 Å². The topological polar surface area (TPSA) is 57.4 Å². The Bertz CT molecular complexity index is 496. The van der Waals surface area contributed by atoms with Gasteiger partial charge in [0, 0.05) is 0 Å². The summed E-state index contributed by atoms with van der Waals surface area (Å²) in [5.41, 5.74) is 6.96. The first-order chi connectivity index (χ1) is 8.71. The monoisotopic (exact) mass is 260 g/mol. The molecule has 2 heterocycles. The predicted octanol–water partition coefficient (Wildman–Crippen LogP) is 2.62. The van der Waals surface area contributed by atoms with Crippen LogP contribution in [0.5, 0.6) is 0 Å². The van der Waals surface area contributed by atoms with Crippen LogP contribution < -0.4 is 5.73 Å². The fourth-order valence-electron chi connectivity index (χ4n) is 1.87. The van der Waals surface area contributed by atoms with Crippen LogP contribution in [0.15, 0.2) is 18.1 Å². The van der Waals surface area contributed by atoms with Gasteiger partial charge in [0.25, 0.3) is 0 Å². The van der Waals surface area contributed by atoms with Crippen LogP contribution in [0.3, 0.4) is 0 Å². The SMILES string of the molecule is Cc1ccc(N)nc1/C=C/B1OC(C)(C)C(C)(C)O1. The van der Waals surface area contributed by atoms with E-state index in [0.717, 1.165) is 11.3 Å². The molecule has 1 aliphatic rings. The smallest absolute Gasteiger partial charge is 0.400 e. The Morgan fingerprint density at radius 1 is 1.16 bits per heavy atom. The maximum atomic E-state index is 5.89. The molecular weight excluding hydrogens is 239 g/mol. The van der Waals surface area contributed by atoms with E-state index in [1.807, 2.05) is 52.7 Å². The number of hydrogen-bond acceptors (Lipinski definition) is 4. The van der Waals surface area contributed by atoms with Crippen molar-refractivity contribution >= 4 is 19.0 Å². The maximum Gasteiger partial charge on any atom is 0.487 e. The lowest BCUT2D eigenvalue weighted by Crippen LogP contribution is -2.41. The number of nitrogen functional groups attached to an aromatic ring is 1. The fraction of sp³-hybridized carbons (Fsp3) is 0.500. The van der Waals surface area contributed by atoms with Crippen LogP contribution in [0.4, 0.5) is 5.82 Å². The highest BCUT2D eigenvalue weighted by Crippen LogP contribution is 2.37. The molecule has 1 fully saturated rings. The molecule has 0 aliphatic carbocycles. The van der Waals surface area contributed by atoms with Gasteiger partial charge in [-0.3, -0.25) is 0 Å². The van der Waals surface area contributed by atoms with Gasteiger partial charge >= 0.3 is 7.12 Å². The molecular formula is C14H21BN2O2. The molecule has 0 unspecified atom stereocenters. The van der Waals surface area contributed by atoms with E-state index in [9.17, 15) is 0 Å². The Morgan fingerprint density at radius 3 is 2.32 bits per heavy atom. The molecule has 0 aromatic carbocycles. The van der Waals surface area contributed by atoms with E-state index in [1.165, 1.54) is 0 Å². The van der Waals surface area contributed by atoms with Gasteiger partial charge in [0.2, 0.25) is 0 Å². The van der Waals surface area contributed by atoms with E-state index in [1.54, 1.807) is 6.07 Å². The average Bonchev–Trinajstić information content (AvgIpc) is 2.49. The number of pyridine rings is 1. The normalized spacial score (nSPS) is 21.2. The summed E-state index contributed by atoms with van der Waals surface area (Å²) >= 11 is 0. The molecule has 1 aliphatic heterocycles. The van der Waals surface area contributed by atoms with Crippen molar-refractivity contribution in [3.63, 3.8) is 0 Å². The Morgan fingerprint density at radius 2 is 1.74 bits per heavy atom. The van der Waals surface area contributed by atoms with Crippen molar-refractivity contribution < 1.29 is 9.31 Å².